The highest BCUT2D eigenvalue weighted by Crippen LogP contribution is 2.54. The second kappa shape index (κ2) is 3.73. The number of aliphatic carboxylic acids is 1. The Bertz CT molecular complexity index is 274. The van der Waals surface area contributed by atoms with Crippen molar-refractivity contribution in [1.82, 2.24) is 4.90 Å². The highest BCUT2D eigenvalue weighted by Gasteiger charge is 2.49. The zero-order valence-corrected chi connectivity index (χ0v) is 9.93. The molecule has 1 N–H and O–H groups in total. The maximum Gasteiger partial charge on any atom is 0.317 e. The summed E-state index contributed by atoms with van der Waals surface area (Å²) in [5, 5.41) is 8.90. The Morgan fingerprint density at radius 2 is 1.62 bits per heavy atom. The molecular weight excluding hydrogens is 202 g/mol. The van der Waals surface area contributed by atoms with E-state index in [0.29, 0.717) is 6.04 Å². The lowest BCUT2D eigenvalue weighted by molar-refractivity contribution is -0.141. The van der Waals surface area contributed by atoms with Crippen molar-refractivity contribution in [3.05, 3.63) is 0 Å². The van der Waals surface area contributed by atoms with Crippen LogP contribution in [0.2, 0.25) is 0 Å². The quantitative estimate of drug-likeness (QED) is 0.793. The minimum atomic E-state index is -0.684. The summed E-state index contributed by atoms with van der Waals surface area (Å²) in [4.78, 5) is 12.9. The number of rotatable bonds is 3. The molecule has 4 rings (SSSR count). The third kappa shape index (κ3) is 1.65. The Morgan fingerprint density at radius 3 is 2.06 bits per heavy atom. The normalized spacial score (nSPS) is 45.2. The van der Waals surface area contributed by atoms with Gasteiger partial charge >= 0.3 is 5.97 Å². The van der Waals surface area contributed by atoms with Gasteiger partial charge < -0.3 is 5.11 Å². The molecule has 4 aliphatic rings. The highest BCUT2D eigenvalue weighted by molar-refractivity contribution is 5.69. The van der Waals surface area contributed by atoms with Crippen molar-refractivity contribution in [3.63, 3.8) is 0 Å². The van der Waals surface area contributed by atoms with Crippen molar-refractivity contribution in [3.8, 4) is 0 Å². The number of carbonyl (C=O) groups is 1. The number of carboxylic acid groups (broad SMARTS) is 1. The number of carboxylic acids is 1. The van der Waals surface area contributed by atoms with E-state index in [1.54, 1.807) is 0 Å². The summed E-state index contributed by atoms with van der Waals surface area (Å²) in [6.45, 7) is 0.215. The summed E-state index contributed by atoms with van der Waals surface area (Å²) in [5.41, 5.74) is 0. The molecule has 4 aliphatic carbocycles. The molecule has 0 saturated heterocycles. The highest BCUT2D eigenvalue weighted by atomic mass is 16.4. The number of hydrogen-bond donors (Lipinski definition) is 1. The summed E-state index contributed by atoms with van der Waals surface area (Å²) in [5.74, 6) is 2.84. The monoisotopic (exact) mass is 223 g/mol. The molecule has 3 heteroatoms. The van der Waals surface area contributed by atoms with Gasteiger partial charge in [0, 0.05) is 6.04 Å². The van der Waals surface area contributed by atoms with Gasteiger partial charge in [-0.3, -0.25) is 9.69 Å². The fraction of sp³-hybridized carbons (Fsp3) is 0.923. The van der Waals surface area contributed by atoms with E-state index in [4.69, 9.17) is 5.11 Å². The molecule has 0 atom stereocenters. The Labute approximate surface area is 96.8 Å². The van der Waals surface area contributed by atoms with Crippen LogP contribution in [0.25, 0.3) is 0 Å². The second-order valence-corrected chi connectivity index (χ2v) is 6.23. The lowest BCUT2D eigenvalue weighted by atomic mass is 9.54. The predicted octanol–water partition coefficient (Wildman–Crippen LogP) is 1.83. The number of nitrogens with zero attached hydrogens (tertiary/aromatic N) is 1. The van der Waals surface area contributed by atoms with Gasteiger partial charge in [-0.1, -0.05) is 0 Å². The second-order valence-electron chi connectivity index (χ2n) is 6.23. The molecule has 4 bridgehead atoms. The van der Waals surface area contributed by atoms with E-state index in [-0.39, 0.29) is 6.54 Å². The first-order valence-corrected chi connectivity index (χ1v) is 6.55. The molecular formula is C13H21NO2. The Morgan fingerprint density at radius 1 is 1.12 bits per heavy atom. The zero-order chi connectivity index (χ0) is 11.3. The van der Waals surface area contributed by atoms with Gasteiger partial charge in [-0.05, 0) is 62.8 Å². The molecule has 0 unspecified atom stereocenters. The van der Waals surface area contributed by atoms with Crippen LogP contribution in [0.15, 0.2) is 0 Å². The van der Waals surface area contributed by atoms with Gasteiger partial charge in [-0.2, -0.15) is 0 Å². The molecule has 4 fully saturated rings. The SMILES string of the molecule is CN(CC(=O)O)C1C2CC3CC(C2)CC1C3. The van der Waals surface area contributed by atoms with E-state index in [0.717, 1.165) is 23.7 Å². The van der Waals surface area contributed by atoms with E-state index < -0.39 is 5.97 Å². The standard InChI is InChI=1S/C13H21NO2/c1-14(7-12(15)16)13-10-3-8-2-9(5-10)6-11(13)4-8/h8-11,13H,2-7H2,1H3,(H,15,16). The van der Waals surface area contributed by atoms with Crippen molar-refractivity contribution < 1.29 is 9.90 Å². The van der Waals surface area contributed by atoms with Crippen LogP contribution in [0.3, 0.4) is 0 Å². The molecule has 90 valence electrons. The van der Waals surface area contributed by atoms with E-state index in [1.165, 1.54) is 32.1 Å². The van der Waals surface area contributed by atoms with Gasteiger partial charge in [0.15, 0.2) is 0 Å². The third-order valence-corrected chi connectivity index (χ3v) is 5.07. The van der Waals surface area contributed by atoms with Gasteiger partial charge in [0.25, 0.3) is 0 Å². The third-order valence-electron chi connectivity index (χ3n) is 5.07. The van der Waals surface area contributed by atoms with Crippen LogP contribution in [-0.4, -0.2) is 35.6 Å². The van der Waals surface area contributed by atoms with E-state index >= 15 is 0 Å². The van der Waals surface area contributed by atoms with Gasteiger partial charge in [0.1, 0.15) is 0 Å². The molecule has 4 saturated carbocycles. The van der Waals surface area contributed by atoms with Gasteiger partial charge in [0.05, 0.1) is 6.54 Å². The van der Waals surface area contributed by atoms with E-state index in [9.17, 15) is 4.79 Å². The van der Waals surface area contributed by atoms with E-state index in [1.807, 2.05) is 7.05 Å². The van der Waals surface area contributed by atoms with E-state index in [2.05, 4.69) is 4.90 Å². The summed E-state index contributed by atoms with van der Waals surface area (Å²) in [6, 6.07) is 0.559. The lowest BCUT2D eigenvalue weighted by Gasteiger charge is -2.56. The molecule has 0 heterocycles. The molecule has 0 spiro atoms. The average Bonchev–Trinajstić information content (AvgIpc) is 2.13. The van der Waals surface area contributed by atoms with Crippen LogP contribution in [0.4, 0.5) is 0 Å². The topological polar surface area (TPSA) is 40.5 Å². The van der Waals surface area contributed by atoms with Gasteiger partial charge in [0.2, 0.25) is 0 Å². The lowest BCUT2D eigenvalue weighted by Crippen LogP contribution is -2.55. The predicted molar refractivity (Wildman–Crippen MR) is 61.1 cm³/mol. The van der Waals surface area contributed by atoms with Crippen LogP contribution < -0.4 is 0 Å². The van der Waals surface area contributed by atoms with Crippen molar-refractivity contribution >= 4 is 5.97 Å². The van der Waals surface area contributed by atoms with Crippen LogP contribution in [0.1, 0.15) is 32.1 Å². The van der Waals surface area contributed by atoms with Crippen molar-refractivity contribution in [1.29, 1.82) is 0 Å². The first-order valence-electron chi connectivity index (χ1n) is 6.55. The molecule has 0 aromatic heterocycles. The van der Waals surface area contributed by atoms with Crippen LogP contribution in [0.5, 0.6) is 0 Å². The van der Waals surface area contributed by atoms with Crippen molar-refractivity contribution in [2.24, 2.45) is 23.7 Å². The Hall–Kier alpha value is -0.570. The first-order chi connectivity index (χ1) is 7.63. The molecule has 16 heavy (non-hydrogen) atoms. The van der Waals surface area contributed by atoms with Crippen LogP contribution in [0, 0.1) is 23.7 Å². The molecule has 0 aromatic rings. The Kier molecular flexibility index (Phi) is 2.46. The summed E-state index contributed by atoms with van der Waals surface area (Å²) < 4.78 is 0. The van der Waals surface area contributed by atoms with Crippen molar-refractivity contribution in [2.45, 2.75) is 38.1 Å². The fourth-order valence-corrected chi connectivity index (χ4v) is 4.93. The Balaban J connectivity index is 1.73. The van der Waals surface area contributed by atoms with Gasteiger partial charge in [-0.15, -0.1) is 0 Å². The van der Waals surface area contributed by atoms with Gasteiger partial charge in [-0.25, -0.2) is 0 Å². The number of hydrogen-bond acceptors (Lipinski definition) is 2. The molecule has 0 aromatic carbocycles. The molecule has 0 radical (unpaired) electrons. The summed E-state index contributed by atoms with van der Waals surface area (Å²) in [7, 11) is 2.00. The molecule has 0 aliphatic heterocycles. The minimum absolute atomic E-state index is 0.215. The largest absolute Gasteiger partial charge is 0.480 e. The molecule has 0 amide bonds. The number of likely N-dealkylation sites (N-methyl/N-ethyl adjacent to an activating group) is 1. The fourth-order valence-electron chi connectivity index (χ4n) is 4.93. The molecule has 3 nitrogen and oxygen atoms in total. The zero-order valence-electron chi connectivity index (χ0n) is 9.93. The average molecular weight is 223 g/mol. The summed E-state index contributed by atoms with van der Waals surface area (Å²) in [6.07, 6.45) is 6.91. The maximum atomic E-state index is 10.8. The summed E-state index contributed by atoms with van der Waals surface area (Å²) >= 11 is 0. The van der Waals surface area contributed by atoms with Crippen LogP contribution in [-0.2, 0) is 4.79 Å². The van der Waals surface area contributed by atoms with Crippen LogP contribution >= 0.6 is 0 Å². The minimum Gasteiger partial charge on any atom is -0.480 e. The maximum absolute atomic E-state index is 10.8. The first kappa shape index (κ1) is 10.6. The smallest absolute Gasteiger partial charge is 0.317 e. The van der Waals surface area contributed by atoms with Crippen molar-refractivity contribution in [2.75, 3.05) is 13.6 Å².